The minimum Gasteiger partial charge on any atom is -0.395 e. The standard InChI is InChI=1S/C20H27NO2S/c1-15(8-9-16-6-4-3-5-7-16)21-19(14-22)20(23)17-10-12-18(24-2)13-11-17/h3-7,10-13,15,19-23H,8-9,14H2,1-2H3/t15?,19-,20-/m0/s1. The summed E-state index contributed by atoms with van der Waals surface area (Å²) in [7, 11) is 0. The van der Waals surface area contributed by atoms with Crippen LogP contribution in [0.3, 0.4) is 0 Å². The van der Waals surface area contributed by atoms with E-state index in [1.807, 2.05) is 48.7 Å². The molecule has 130 valence electrons. The van der Waals surface area contributed by atoms with Crippen LogP contribution in [0.1, 0.15) is 30.6 Å². The van der Waals surface area contributed by atoms with Crippen molar-refractivity contribution >= 4 is 11.8 Å². The number of aliphatic hydroxyl groups is 2. The van der Waals surface area contributed by atoms with Crippen molar-refractivity contribution < 1.29 is 10.2 Å². The van der Waals surface area contributed by atoms with Gasteiger partial charge in [0.25, 0.3) is 0 Å². The lowest BCUT2D eigenvalue weighted by Crippen LogP contribution is -2.43. The van der Waals surface area contributed by atoms with Gasteiger partial charge in [-0.2, -0.15) is 0 Å². The van der Waals surface area contributed by atoms with Crippen LogP contribution in [0.15, 0.2) is 59.5 Å². The first-order chi connectivity index (χ1) is 11.6. The molecule has 0 aromatic heterocycles. The van der Waals surface area contributed by atoms with Crippen molar-refractivity contribution in [2.24, 2.45) is 0 Å². The number of thioether (sulfide) groups is 1. The Bertz CT molecular complexity index is 588. The molecule has 0 aliphatic rings. The van der Waals surface area contributed by atoms with Crippen molar-refractivity contribution in [3.63, 3.8) is 0 Å². The van der Waals surface area contributed by atoms with Crippen LogP contribution < -0.4 is 5.32 Å². The molecule has 3 N–H and O–H groups in total. The minimum absolute atomic E-state index is 0.0961. The fourth-order valence-corrected chi connectivity index (χ4v) is 3.16. The molecule has 0 spiro atoms. The molecule has 2 rings (SSSR count). The zero-order chi connectivity index (χ0) is 17.4. The van der Waals surface area contributed by atoms with Gasteiger partial charge in [0.1, 0.15) is 0 Å². The summed E-state index contributed by atoms with van der Waals surface area (Å²) < 4.78 is 0. The third-order valence-corrected chi connectivity index (χ3v) is 4.99. The van der Waals surface area contributed by atoms with Crippen LogP contribution in [-0.4, -0.2) is 35.2 Å². The number of aryl methyl sites for hydroxylation is 1. The molecular weight excluding hydrogens is 318 g/mol. The third-order valence-electron chi connectivity index (χ3n) is 4.24. The molecule has 3 nitrogen and oxygen atoms in total. The topological polar surface area (TPSA) is 52.5 Å². The minimum atomic E-state index is -0.718. The summed E-state index contributed by atoms with van der Waals surface area (Å²) >= 11 is 1.67. The molecule has 0 aliphatic heterocycles. The van der Waals surface area contributed by atoms with Crippen molar-refractivity contribution in [3.05, 3.63) is 65.7 Å². The van der Waals surface area contributed by atoms with Gasteiger partial charge in [0.15, 0.2) is 0 Å². The molecule has 24 heavy (non-hydrogen) atoms. The molecule has 2 aromatic rings. The van der Waals surface area contributed by atoms with E-state index in [4.69, 9.17) is 0 Å². The van der Waals surface area contributed by atoms with Gasteiger partial charge in [0.05, 0.1) is 18.8 Å². The Hall–Kier alpha value is -1.33. The van der Waals surface area contributed by atoms with Gasteiger partial charge < -0.3 is 15.5 Å². The molecule has 0 radical (unpaired) electrons. The highest BCUT2D eigenvalue weighted by atomic mass is 32.2. The van der Waals surface area contributed by atoms with Crippen molar-refractivity contribution in [3.8, 4) is 0 Å². The Labute approximate surface area is 149 Å². The highest BCUT2D eigenvalue weighted by Gasteiger charge is 2.21. The van der Waals surface area contributed by atoms with Crippen molar-refractivity contribution in [1.82, 2.24) is 5.32 Å². The molecule has 3 atom stereocenters. The Morgan fingerprint density at radius 1 is 1.04 bits per heavy atom. The Kier molecular flexibility index (Phi) is 7.79. The van der Waals surface area contributed by atoms with Gasteiger partial charge in [-0.25, -0.2) is 0 Å². The first-order valence-electron chi connectivity index (χ1n) is 8.37. The Morgan fingerprint density at radius 2 is 1.71 bits per heavy atom. The number of aliphatic hydroxyl groups excluding tert-OH is 2. The molecular formula is C20H27NO2S. The van der Waals surface area contributed by atoms with Gasteiger partial charge in [-0.05, 0) is 49.3 Å². The zero-order valence-electron chi connectivity index (χ0n) is 14.4. The van der Waals surface area contributed by atoms with Gasteiger partial charge in [-0.3, -0.25) is 0 Å². The maximum Gasteiger partial charge on any atom is 0.0965 e. The summed E-state index contributed by atoms with van der Waals surface area (Å²) in [4.78, 5) is 1.16. The molecule has 0 fully saturated rings. The van der Waals surface area contributed by atoms with Crippen molar-refractivity contribution in [2.45, 2.75) is 42.8 Å². The summed E-state index contributed by atoms with van der Waals surface area (Å²) in [6.07, 6.45) is 3.24. The van der Waals surface area contributed by atoms with E-state index < -0.39 is 6.10 Å². The Balaban J connectivity index is 1.89. The maximum atomic E-state index is 10.5. The number of hydrogen-bond acceptors (Lipinski definition) is 4. The van der Waals surface area contributed by atoms with E-state index in [1.54, 1.807) is 11.8 Å². The molecule has 2 aromatic carbocycles. The maximum absolute atomic E-state index is 10.5. The molecule has 0 amide bonds. The molecule has 0 saturated heterocycles. The summed E-state index contributed by atoms with van der Waals surface area (Å²) in [5, 5.41) is 23.6. The molecule has 1 unspecified atom stereocenters. The number of rotatable bonds is 9. The predicted molar refractivity (Wildman–Crippen MR) is 101 cm³/mol. The van der Waals surface area contributed by atoms with Crippen LogP contribution in [0.4, 0.5) is 0 Å². The predicted octanol–water partition coefficient (Wildman–Crippen LogP) is 3.41. The van der Waals surface area contributed by atoms with Crippen LogP contribution in [0.5, 0.6) is 0 Å². The van der Waals surface area contributed by atoms with Gasteiger partial charge in [0, 0.05) is 10.9 Å². The second-order valence-electron chi connectivity index (χ2n) is 6.10. The average molecular weight is 346 g/mol. The zero-order valence-corrected chi connectivity index (χ0v) is 15.2. The Morgan fingerprint density at radius 3 is 2.29 bits per heavy atom. The number of benzene rings is 2. The fraction of sp³-hybridized carbons (Fsp3) is 0.400. The van der Waals surface area contributed by atoms with E-state index in [9.17, 15) is 10.2 Å². The van der Waals surface area contributed by atoms with Crippen LogP contribution in [-0.2, 0) is 6.42 Å². The number of hydrogen-bond donors (Lipinski definition) is 3. The SMILES string of the molecule is CSc1ccc([C@H](O)[C@H](CO)NC(C)CCc2ccccc2)cc1. The molecule has 0 bridgehead atoms. The van der Waals surface area contributed by atoms with E-state index in [2.05, 4.69) is 24.4 Å². The lowest BCUT2D eigenvalue weighted by Gasteiger charge is -2.26. The van der Waals surface area contributed by atoms with Crippen LogP contribution in [0.2, 0.25) is 0 Å². The largest absolute Gasteiger partial charge is 0.395 e. The van der Waals surface area contributed by atoms with Gasteiger partial charge in [0.2, 0.25) is 0 Å². The summed E-state index contributed by atoms with van der Waals surface area (Å²) in [6.45, 7) is 2.00. The van der Waals surface area contributed by atoms with Gasteiger partial charge in [-0.1, -0.05) is 42.5 Å². The van der Waals surface area contributed by atoms with Crippen molar-refractivity contribution in [2.75, 3.05) is 12.9 Å². The monoisotopic (exact) mass is 345 g/mol. The van der Waals surface area contributed by atoms with Gasteiger partial charge in [-0.15, -0.1) is 11.8 Å². The van der Waals surface area contributed by atoms with Crippen LogP contribution >= 0.6 is 11.8 Å². The molecule has 4 heteroatoms. The molecule has 0 aliphatic carbocycles. The first kappa shape index (κ1) is 19.0. The van der Waals surface area contributed by atoms with E-state index in [1.165, 1.54) is 5.56 Å². The van der Waals surface area contributed by atoms with Crippen LogP contribution in [0, 0.1) is 0 Å². The van der Waals surface area contributed by atoms with E-state index in [0.717, 1.165) is 23.3 Å². The van der Waals surface area contributed by atoms with E-state index in [-0.39, 0.29) is 18.7 Å². The summed E-state index contributed by atoms with van der Waals surface area (Å²) in [6, 6.07) is 18.1. The van der Waals surface area contributed by atoms with E-state index in [0.29, 0.717) is 0 Å². The van der Waals surface area contributed by atoms with Gasteiger partial charge >= 0.3 is 0 Å². The lowest BCUT2D eigenvalue weighted by atomic mass is 10.0. The normalized spacial score (nSPS) is 15.0. The first-order valence-corrected chi connectivity index (χ1v) is 9.59. The summed E-state index contributed by atoms with van der Waals surface area (Å²) in [5.41, 5.74) is 2.13. The van der Waals surface area contributed by atoms with Crippen LogP contribution in [0.25, 0.3) is 0 Å². The second kappa shape index (κ2) is 9.84. The number of nitrogens with one attached hydrogen (secondary N) is 1. The summed E-state index contributed by atoms with van der Waals surface area (Å²) in [5.74, 6) is 0. The molecule has 0 saturated carbocycles. The highest BCUT2D eigenvalue weighted by molar-refractivity contribution is 7.98. The second-order valence-corrected chi connectivity index (χ2v) is 6.98. The van der Waals surface area contributed by atoms with Crippen molar-refractivity contribution in [1.29, 1.82) is 0 Å². The lowest BCUT2D eigenvalue weighted by molar-refractivity contribution is 0.0838. The van der Waals surface area contributed by atoms with E-state index >= 15 is 0 Å². The average Bonchev–Trinajstić information content (AvgIpc) is 2.64. The molecule has 0 heterocycles. The third kappa shape index (κ3) is 5.64. The smallest absolute Gasteiger partial charge is 0.0965 e. The highest BCUT2D eigenvalue weighted by Crippen LogP contribution is 2.21. The fourth-order valence-electron chi connectivity index (χ4n) is 2.75. The quantitative estimate of drug-likeness (QED) is 0.610.